The molecule has 7 nitrogen and oxygen atoms in total. The molecule has 1 amide bonds. The van der Waals surface area contributed by atoms with Crippen LogP contribution in [0.3, 0.4) is 0 Å². The number of sulfonamides is 2. The highest BCUT2D eigenvalue weighted by Crippen LogP contribution is 2.29. The molecule has 28 heavy (non-hydrogen) atoms. The molecule has 1 aliphatic heterocycles. The first-order valence-corrected chi connectivity index (χ1v) is 11.9. The van der Waals surface area contributed by atoms with Gasteiger partial charge in [-0.3, -0.25) is 4.79 Å². The Hall–Kier alpha value is -2.23. The standard InChI is InChI=1S/C19H22N2O5S2/c1-3-20(13-16-7-5-4-6-8-16)28(25,26)18-11-9-17(10-12-18)21-19(22)15(2)14-27(21,23)24/h4-12,15H,3,13-14H2,1-2H3. The molecular weight excluding hydrogens is 400 g/mol. The summed E-state index contributed by atoms with van der Waals surface area (Å²) in [6.45, 7) is 3.83. The molecule has 0 aromatic heterocycles. The Balaban J connectivity index is 1.88. The second kappa shape index (κ2) is 7.65. The zero-order chi connectivity index (χ0) is 20.5. The first-order valence-electron chi connectivity index (χ1n) is 8.88. The lowest BCUT2D eigenvalue weighted by atomic mass is 10.2. The molecule has 0 radical (unpaired) electrons. The van der Waals surface area contributed by atoms with Gasteiger partial charge in [-0.15, -0.1) is 0 Å². The van der Waals surface area contributed by atoms with Gasteiger partial charge in [0.15, 0.2) is 0 Å². The van der Waals surface area contributed by atoms with Crippen LogP contribution in [0, 0.1) is 5.92 Å². The van der Waals surface area contributed by atoms with Crippen molar-refractivity contribution in [1.82, 2.24) is 4.31 Å². The van der Waals surface area contributed by atoms with Crippen molar-refractivity contribution in [3.63, 3.8) is 0 Å². The zero-order valence-corrected chi connectivity index (χ0v) is 17.3. The van der Waals surface area contributed by atoms with Crippen molar-refractivity contribution < 1.29 is 21.6 Å². The number of carbonyl (C=O) groups is 1. The fraction of sp³-hybridized carbons (Fsp3) is 0.316. The summed E-state index contributed by atoms with van der Waals surface area (Å²) >= 11 is 0. The maximum atomic E-state index is 13.0. The maximum Gasteiger partial charge on any atom is 0.244 e. The molecule has 0 aliphatic carbocycles. The van der Waals surface area contributed by atoms with Gasteiger partial charge in [-0.1, -0.05) is 44.2 Å². The van der Waals surface area contributed by atoms with Crippen LogP contribution in [0.4, 0.5) is 5.69 Å². The van der Waals surface area contributed by atoms with Gasteiger partial charge in [-0.05, 0) is 29.8 Å². The Labute approximate surface area is 165 Å². The van der Waals surface area contributed by atoms with Crippen LogP contribution in [0.1, 0.15) is 19.4 Å². The molecule has 150 valence electrons. The van der Waals surface area contributed by atoms with E-state index in [0.29, 0.717) is 0 Å². The second-order valence-corrected chi connectivity index (χ2v) is 10.5. The fourth-order valence-corrected chi connectivity index (χ4v) is 6.40. The van der Waals surface area contributed by atoms with Gasteiger partial charge in [0.25, 0.3) is 0 Å². The van der Waals surface area contributed by atoms with Crippen molar-refractivity contribution in [3.8, 4) is 0 Å². The predicted octanol–water partition coefficient (Wildman–Crippen LogP) is 2.21. The van der Waals surface area contributed by atoms with E-state index in [1.807, 2.05) is 30.3 Å². The van der Waals surface area contributed by atoms with Crippen LogP contribution in [0.2, 0.25) is 0 Å². The van der Waals surface area contributed by atoms with E-state index in [0.717, 1.165) is 9.87 Å². The monoisotopic (exact) mass is 422 g/mol. The fourth-order valence-electron chi connectivity index (χ4n) is 3.14. The molecule has 1 atom stereocenters. The molecular formula is C19H22N2O5S2. The molecule has 0 saturated carbocycles. The summed E-state index contributed by atoms with van der Waals surface area (Å²) in [5.74, 6) is -1.36. The highest BCUT2D eigenvalue weighted by molar-refractivity contribution is 7.94. The van der Waals surface area contributed by atoms with Crippen molar-refractivity contribution in [2.45, 2.75) is 25.3 Å². The summed E-state index contributed by atoms with van der Waals surface area (Å²) in [6.07, 6.45) is 0. The molecule has 3 rings (SSSR count). The normalized spacial score (nSPS) is 19.3. The number of benzene rings is 2. The smallest absolute Gasteiger partial charge is 0.244 e. The molecule has 1 aliphatic rings. The summed E-state index contributed by atoms with van der Waals surface area (Å²) in [7, 11) is -7.49. The van der Waals surface area contributed by atoms with E-state index in [4.69, 9.17) is 0 Å². The Kier molecular flexibility index (Phi) is 5.60. The van der Waals surface area contributed by atoms with Crippen LogP contribution in [0.15, 0.2) is 59.5 Å². The SMILES string of the molecule is CCN(Cc1ccccc1)S(=O)(=O)c1ccc(N2C(=O)C(C)CS2(=O)=O)cc1. The van der Waals surface area contributed by atoms with Crippen LogP contribution in [0.5, 0.6) is 0 Å². The van der Waals surface area contributed by atoms with Crippen molar-refractivity contribution in [2.24, 2.45) is 5.92 Å². The van der Waals surface area contributed by atoms with Crippen LogP contribution >= 0.6 is 0 Å². The molecule has 1 unspecified atom stereocenters. The Morgan fingerprint density at radius 2 is 1.68 bits per heavy atom. The molecule has 1 fully saturated rings. The largest absolute Gasteiger partial charge is 0.273 e. The summed E-state index contributed by atoms with van der Waals surface area (Å²) in [5, 5.41) is 0. The van der Waals surface area contributed by atoms with Gasteiger partial charge in [-0.25, -0.2) is 21.1 Å². The molecule has 1 saturated heterocycles. The molecule has 0 bridgehead atoms. The van der Waals surface area contributed by atoms with Crippen molar-refractivity contribution in [2.75, 3.05) is 16.6 Å². The number of amides is 1. The van der Waals surface area contributed by atoms with Crippen LogP contribution < -0.4 is 4.31 Å². The van der Waals surface area contributed by atoms with E-state index in [-0.39, 0.29) is 29.4 Å². The number of hydrogen-bond donors (Lipinski definition) is 0. The number of anilines is 1. The Morgan fingerprint density at radius 3 is 2.18 bits per heavy atom. The van der Waals surface area contributed by atoms with Crippen LogP contribution in [-0.4, -0.2) is 39.3 Å². The minimum absolute atomic E-state index is 0.0473. The van der Waals surface area contributed by atoms with E-state index in [9.17, 15) is 21.6 Å². The third-order valence-electron chi connectivity index (χ3n) is 4.62. The Morgan fingerprint density at radius 1 is 1.07 bits per heavy atom. The van der Waals surface area contributed by atoms with Gasteiger partial charge in [0, 0.05) is 13.1 Å². The van der Waals surface area contributed by atoms with E-state index >= 15 is 0 Å². The lowest BCUT2D eigenvalue weighted by Gasteiger charge is -2.21. The summed E-state index contributed by atoms with van der Waals surface area (Å²) in [4.78, 5) is 12.2. The first kappa shape index (κ1) is 20.5. The maximum absolute atomic E-state index is 13.0. The minimum Gasteiger partial charge on any atom is -0.273 e. The van der Waals surface area contributed by atoms with E-state index in [1.54, 1.807) is 13.8 Å². The molecule has 0 N–H and O–H groups in total. The molecule has 2 aromatic rings. The van der Waals surface area contributed by atoms with Crippen molar-refractivity contribution in [3.05, 3.63) is 60.2 Å². The molecule has 9 heteroatoms. The van der Waals surface area contributed by atoms with Crippen LogP contribution in [0.25, 0.3) is 0 Å². The average molecular weight is 423 g/mol. The van der Waals surface area contributed by atoms with E-state index in [1.165, 1.54) is 28.6 Å². The zero-order valence-electron chi connectivity index (χ0n) is 15.6. The summed E-state index contributed by atoms with van der Waals surface area (Å²) in [6, 6.07) is 14.7. The van der Waals surface area contributed by atoms with Gasteiger partial charge < -0.3 is 0 Å². The number of hydrogen-bond acceptors (Lipinski definition) is 5. The third kappa shape index (κ3) is 3.82. The van der Waals surface area contributed by atoms with E-state index in [2.05, 4.69) is 0 Å². The van der Waals surface area contributed by atoms with Crippen molar-refractivity contribution in [1.29, 1.82) is 0 Å². The van der Waals surface area contributed by atoms with E-state index < -0.39 is 31.9 Å². The van der Waals surface area contributed by atoms with Crippen molar-refractivity contribution >= 4 is 31.6 Å². The third-order valence-corrected chi connectivity index (χ3v) is 8.43. The van der Waals surface area contributed by atoms with Crippen LogP contribution in [-0.2, 0) is 31.4 Å². The first-order chi connectivity index (χ1) is 13.2. The second-order valence-electron chi connectivity index (χ2n) is 6.69. The predicted molar refractivity (Wildman–Crippen MR) is 107 cm³/mol. The number of carbonyl (C=O) groups excluding carboxylic acids is 1. The van der Waals surface area contributed by atoms with Gasteiger partial charge >= 0.3 is 0 Å². The molecule has 1 heterocycles. The van der Waals surface area contributed by atoms with Gasteiger partial charge in [0.05, 0.1) is 22.3 Å². The molecule has 0 spiro atoms. The Bertz CT molecular complexity index is 1070. The topological polar surface area (TPSA) is 91.8 Å². The average Bonchev–Trinajstić information content (AvgIpc) is 2.87. The molecule has 2 aromatic carbocycles. The summed E-state index contributed by atoms with van der Waals surface area (Å²) in [5.41, 5.74) is 1.02. The lowest BCUT2D eigenvalue weighted by molar-refractivity contribution is -0.119. The van der Waals surface area contributed by atoms with Gasteiger partial charge in [-0.2, -0.15) is 4.31 Å². The number of nitrogens with zero attached hydrogens (tertiary/aromatic N) is 2. The lowest BCUT2D eigenvalue weighted by Crippen LogP contribution is -2.31. The summed E-state index contributed by atoms with van der Waals surface area (Å²) < 4.78 is 52.4. The van der Waals surface area contributed by atoms with Gasteiger partial charge in [0.2, 0.25) is 26.0 Å². The quantitative estimate of drug-likeness (QED) is 0.712. The van der Waals surface area contributed by atoms with Gasteiger partial charge in [0.1, 0.15) is 0 Å². The number of rotatable bonds is 6. The minimum atomic E-state index is -3.76. The highest BCUT2D eigenvalue weighted by Gasteiger charge is 2.42. The highest BCUT2D eigenvalue weighted by atomic mass is 32.2.